The smallest absolute Gasteiger partial charge is 0.255 e. The minimum Gasteiger partial charge on any atom is -0.387 e. The molecule has 3 heterocycles. The summed E-state index contributed by atoms with van der Waals surface area (Å²) in [5.74, 6) is -0.773. The first-order valence-corrected chi connectivity index (χ1v) is 10.7. The van der Waals surface area contributed by atoms with Crippen LogP contribution in [0.3, 0.4) is 0 Å². The second-order valence-electron chi connectivity index (χ2n) is 8.79. The molecule has 1 amide bonds. The van der Waals surface area contributed by atoms with Crippen molar-refractivity contribution in [1.82, 2.24) is 25.1 Å². The third-order valence-electron chi connectivity index (χ3n) is 5.66. The van der Waals surface area contributed by atoms with Crippen LogP contribution in [-0.2, 0) is 0 Å². The van der Waals surface area contributed by atoms with E-state index in [1.54, 1.807) is 6.07 Å². The average molecular weight is 462 g/mol. The first-order valence-electron chi connectivity index (χ1n) is 10.7. The molecule has 33 heavy (non-hydrogen) atoms. The van der Waals surface area contributed by atoms with E-state index in [9.17, 15) is 23.1 Å². The van der Waals surface area contributed by atoms with Crippen molar-refractivity contribution in [2.45, 2.75) is 57.1 Å². The Balaban J connectivity index is 1.65. The number of alkyl halides is 2. The number of nitrogens with zero attached hydrogens (tertiary/aromatic N) is 4. The number of aromatic nitrogens is 4. The van der Waals surface area contributed by atoms with Crippen molar-refractivity contribution in [1.29, 1.82) is 0 Å². The van der Waals surface area contributed by atoms with Crippen LogP contribution in [0.4, 0.5) is 18.9 Å². The largest absolute Gasteiger partial charge is 0.387 e. The van der Waals surface area contributed by atoms with E-state index >= 15 is 0 Å². The molecule has 176 valence electrons. The van der Waals surface area contributed by atoms with Crippen LogP contribution in [0.15, 0.2) is 30.7 Å². The van der Waals surface area contributed by atoms with Gasteiger partial charge in [0, 0.05) is 23.7 Å². The number of rotatable bonds is 7. The number of pyridine rings is 2. The molecule has 1 fully saturated rings. The quantitative estimate of drug-likeness (QED) is 0.499. The molecule has 1 aliphatic carbocycles. The van der Waals surface area contributed by atoms with Crippen LogP contribution in [0.2, 0.25) is 0 Å². The van der Waals surface area contributed by atoms with Gasteiger partial charge in [-0.05, 0) is 39.2 Å². The molecule has 0 radical (unpaired) electrons. The van der Waals surface area contributed by atoms with Gasteiger partial charge in [-0.25, -0.2) is 23.1 Å². The van der Waals surface area contributed by atoms with E-state index in [4.69, 9.17) is 0 Å². The summed E-state index contributed by atoms with van der Waals surface area (Å²) >= 11 is 0. The Hall–Kier alpha value is -3.21. The Bertz CT molecular complexity index is 1160. The van der Waals surface area contributed by atoms with Crippen LogP contribution in [0.25, 0.3) is 16.9 Å². The summed E-state index contributed by atoms with van der Waals surface area (Å²) in [4.78, 5) is 21.1. The van der Waals surface area contributed by atoms with Gasteiger partial charge < -0.3 is 15.7 Å². The van der Waals surface area contributed by atoms with Gasteiger partial charge in [0.1, 0.15) is 18.2 Å². The van der Waals surface area contributed by atoms with Gasteiger partial charge in [-0.15, -0.1) is 0 Å². The summed E-state index contributed by atoms with van der Waals surface area (Å²) in [6, 6.07) is 2.68. The van der Waals surface area contributed by atoms with E-state index in [1.807, 2.05) is 0 Å². The molecule has 0 saturated heterocycles. The van der Waals surface area contributed by atoms with Gasteiger partial charge in [-0.3, -0.25) is 4.79 Å². The topological polar surface area (TPSA) is 105 Å². The Morgan fingerprint density at radius 3 is 2.76 bits per heavy atom. The zero-order chi connectivity index (χ0) is 23.8. The molecule has 1 aliphatic rings. The number of fused-ring (bicyclic) bond motifs is 1. The molecule has 0 spiro atoms. The number of carbonyl (C=O) groups excluding carboxylic acids is 1. The molecule has 3 aromatic heterocycles. The van der Waals surface area contributed by atoms with Crippen molar-refractivity contribution in [3.05, 3.63) is 42.1 Å². The summed E-state index contributed by atoms with van der Waals surface area (Å²) < 4.78 is 42.7. The molecule has 3 unspecified atom stereocenters. The number of halogens is 3. The van der Waals surface area contributed by atoms with Crippen LogP contribution >= 0.6 is 0 Å². The van der Waals surface area contributed by atoms with Crippen molar-refractivity contribution < 1.29 is 23.1 Å². The van der Waals surface area contributed by atoms with Gasteiger partial charge in [0.15, 0.2) is 11.5 Å². The molecular weight excluding hydrogens is 437 g/mol. The summed E-state index contributed by atoms with van der Waals surface area (Å²) in [6.07, 6.45) is 2.55. The Morgan fingerprint density at radius 1 is 1.27 bits per heavy atom. The second kappa shape index (κ2) is 8.97. The third kappa shape index (κ3) is 5.08. The normalized spacial score (nSPS) is 19.6. The van der Waals surface area contributed by atoms with Crippen LogP contribution in [0.1, 0.15) is 43.5 Å². The maximum absolute atomic E-state index is 14.1. The number of nitrogens with one attached hydrogen (secondary N) is 2. The Kier molecular flexibility index (Phi) is 6.24. The summed E-state index contributed by atoms with van der Waals surface area (Å²) in [7, 11) is 0. The van der Waals surface area contributed by atoms with Gasteiger partial charge in [0.25, 0.3) is 5.91 Å². The molecule has 11 heteroatoms. The first-order chi connectivity index (χ1) is 15.6. The molecule has 4 rings (SSSR count). The molecule has 3 atom stereocenters. The molecule has 8 nitrogen and oxygen atoms in total. The summed E-state index contributed by atoms with van der Waals surface area (Å²) in [5, 5.41) is 20.1. The molecular formula is C22H25F3N6O2. The highest BCUT2D eigenvalue weighted by molar-refractivity contribution is 5.99. The standard InChI is InChI=1S/C22H25F3N6O2/c1-22(2,33)18(25)11-28-21(32)16-10-26-19(7-17(16)30-15-4-3-13(23)6-15)31-20-12(8-29-31)5-14(24)9-27-20/h5,7-10,13,15,18,33H,3-4,6,11H2,1-2H3,(H,26,30)(H,28,32). The van der Waals surface area contributed by atoms with Crippen molar-refractivity contribution in [2.75, 3.05) is 11.9 Å². The van der Waals surface area contributed by atoms with Crippen LogP contribution in [0, 0.1) is 5.82 Å². The number of hydrogen-bond acceptors (Lipinski definition) is 6. The number of hydrogen-bond donors (Lipinski definition) is 3. The van der Waals surface area contributed by atoms with Crippen LogP contribution in [-0.4, -0.2) is 61.3 Å². The molecule has 0 bridgehead atoms. The average Bonchev–Trinajstić information content (AvgIpc) is 3.36. The number of anilines is 1. The highest BCUT2D eigenvalue weighted by Gasteiger charge is 2.28. The van der Waals surface area contributed by atoms with Gasteiger partial charge in [0.05, 0.1) is 35.8 Å². The number of amides is 1. The lowest BCUT2D eigenvalue weighted by Gasteiger charge is -2.23. The Labute approximate surface area is 188 Å². The van der Waals surface area contributed by atoms with Gasteiger partial charge in [0.2, 0.25) is 0 Å². The molecule has 3 N–H and O–H groups in total. The summed E-state index contributed by atoms with van der Waals surface area (Å²) in [5.41, 5.74) is -0.716. The van der Waals surface area contributed by atoms with Crippen molar-refractivity contribution in [2.24, 2.45) is 0 Å². The van der Waals surface area contributed by atoms with Gasteiger partial charge in [-0.2, -0.15) is 9.78 Å². The minimum atomic E-state index is -1.67. The second-order valence-corrected chi connectivity index (χ2v) is 8.79. The highest BCUT2D eigenvalue weighted by Crippen LogP contribution is 2.28. The summed E-state index contributed by atoms with van der Waals surface area (Å²) in [6.45, 7) is 2.24. The third-order valence-corrected chi connectivity index (χ3v) is 5.66. The van der Waals surface area contributed by atoms with E-state index < -0.39 is 36.2 Å². The maximum Gasteiger partial charge on any atom is 0.255 e. The number of carbonyl (C=O) groups is 1. The fourth-order valence-corrected chi connectivity index (χ4v) is 3.73. The maximum atomic E-state index is 14.1. The van der Waals surface area contributed by atoms with E-state index in [-0.39, 0.29) is 11.6 Å². The lowest BCUT2D eigenvalue weighted by atomic mass is 10.0. The lowest BCUT2D eigenvalue weighted by Crippen LogP contribution is -2.42. The lowest BCUT2D eigenvalue weighted by molar-refractivity contribution is -0.00177. The van der Waals surface area contributed by atoms with Crippen molar-refractivity contribution >= 4 is 22.6 Å². The van der Waals surface area contributed by atoms with E-state index in [0.717, 1.165) is 6.20 Å². The molecule has 1 saturated carbocycles. The molecule has 0 aliphatic heterocycles. The van der Waals surface area contributed by atoms with E-state index in [1.165, 1.54) is 37.0 Å². The highest BCUT2D eigenvalue weighted by atomic mass is 19.1. The van der Waals surface area contributed by atoms with Crippen LogP contribution < -0.4 is 10.6 Å². The SMILES string of the molecule is CC(C)(O)C(F)CNC(=O)c1cnc(-n2ncc3cc(F)cnc32)cc1NC1CCC(F)C1. The fraction of sp³-hybridized carbons (Fsp3) is 0.455. The van der Waals surface area contributed by atoms with Crippen LogP contribution in [0.5, 0.6) is 0 Å². The van der Waals surface area contributed by atoms with E-state index in [2.05, 4.69) is 25.7 Å². The van der Waals surface area contributed by atoms with Crippen molar-refractivity contribution in [3.63, 3.8) is 0 Å². The zero-order valence-corrected chi connectivity index (χ0v) is 18.2. The zero-order valence-electron chi connectivity index (χ0n) is 18.2. The van der Waals surface area contributed by atoms with Gasteiger partial charge in [-0.1, -0.05) is 0 Å². The number of aliphatic hydroxyl groups is 1. The monoisotopic (exact) mass is 462 g/mol. The fourth-order valence-electron chi connectivity index (χ4n) is 3.73. The Morgan fingerprint density at radius 2 is 2.06 bits per heavy atom. The molecule has 0 aromatic carbocycles. The van der Waals surface area contributed by atoms with E-state index in [0.29, 0.717) is 41.8 Å². The minimum absolute atomic E-state index is 0.138. The molecule has 3 aromatic rings. The predicted octanol–water partition coefficient (Wildman–Crippen LogP) is 3.10. The first kappa shape index (κ1) is 23.0. The van der Waals surface area contributed by atoms with Crippen molar-refractivity contribution in [3.8, 4) is 5.82 Å². The predicted molar refractivity (Wildman–Crippen MR) is 116 cm³/mol. The van der Waals surface area contributed by atoms with Gasteiger partial charge >= 0.3 is 0 Å².